The second-order valence-electron chi connectivity index (χ2n) is 6.83. The van der Waals surface area contributed by atoms with Crippen LogP contribution in [0.3, 0.4) is 0 Å². The molecule has 1 aliphatic rings. The Morgan fingerprint density at radius 1 is 1.29 bits per heavy atom. The number of aromatic amines is 1. The van der Waals surface area contributed by atoms with Crippen LogP contribution >= 0.6 is 0 Å². The third-order valence-electron chi connectivity index (χ3n) is 5.14. The van der Waals surface area contributed by atoms with E-state index in [9.17, 15) is 9.18 Å². The van der Waals surface area contributed by atoms with Crippen molar-refractivity contribution in [3.8, 4) is 0 Å². The van der Waals surface area contributed by atoms with Crippen LogP contribution in [0.5, 0.6) is 0 Å². The number of carbonyl (C=O) groups is 1. The third kappa shape index (κ3) is 2.48. The standard InChI is InChI=1S/C18H17FN8O/c1-11-8-25(18(28)12-2-3-13-15(14(12)19)22-9-21-13)6-7-27(11)16-17-24-23-10-26(17)5-4-20-16/h2-5,9-11H,6-8H2,1H3,(H,21,22). The maximum absolute atomic E-state index is 14.7. The van der Waals surface area contributed by atoms with Gasteiger partial charge in [0.1, 0.15) is 11.8 Å². The largest absolute Gasteiger partial charge is 0.347 e. The molecule has 9 nitrogen and oxygen atoms in total. The molecule has 3 aromatic heterocycles. The van der Waals surface area contributed by atoms with Crippen LogP contribution in [-0.2, 0) is 0 Å². The van der Waals surface area contributed by atoms with E-state index in [1.165, 1.54) is 12.4 Å². The summed E-state index contributed by atoms with van der Waals surface area (Å²) in [6.45, 7) is 3.48. The number of fused-ring (bicyclic) bond motifs is 2. The lowest BCUT2D eigenvalue weighted by Gasteiger charge is -2.40. The minimum Gasteiger partial charge on any atom is -0.347 e. The van der Waals surface area contributed by atoms with Crippen molar-refractivity contribution < 1.29 is 9.18 Å². The smallest absolute Gasteiger partial charge is 0.257 e. The van der Waals surface area contributed by atoms with Crippen LogP contribution in [0.25, 0.3) is 16.7 Å². The van der Waals surface area contributed by atoms with Gasteiger partial charge in [-0.1, -0.05) is 0 Å². The van der Waals surface area contributed by atoms with Crippen LogP contribution in [0.2, 0.25) is 0 Å². The zero-order valence-corrected chi connectivity index (χ0v) is 15.1. The number of H-pyrrole nitrogens is 1. The SMILES string of the molecule is CC1CN(C(=O)c2ccc3[nH]cnc3c2F)CCN1c1nccn2cnnc12. The van der Waals surface area contributed by atoms with Crippen molar-refractivity contribution in [2.45, 2.75) is 13.0 Å². The lowest BCUT2D eigenvalue weighted by molar-refractivity contribution is 0.0721. The number of benzene rings is 1. The molecule has 1 saturated heterocycles. The van der Waals surface area contributed by atoms with E-state index in [-0.39, 0.29) is 23.0 Å². The molecule has 1 N–H and O–H groups in total. The summed E-state index contributed by atoms with van der Waals surface area (Å²) in [5, 5.41) is 8.06. The van der Waals surface area contributed by atoms with Gasteiger partial charge in [-0.15, -0.1) is 10.2 Å². The summed E-state index contributed by atoms with van der Waals surface area (Å²) in [4.78, 5) is 28.0. The molecule has 142 valence electrons. The molecular weight excluding hydrogens is 363 g/mol. The number of anilines is 1. The van der Waals surface area contributed by atoms with Crippen LogP contribution in [0.1, 0.15) is 17.3 Å². The lowest BCUT2D eigenvalue weighted by atomic mass is 10.1. The summed E-state index contributed by atoms with van der Waals surface area (Å²) >= 11 is 0. The quantitative estimate of drug-likeness (QED) is 0.566. The number of nitrogens with one attached hydrogen (secondary N) is 1. The van der Waals surface area contributed by atoms with E-state index in [1.54, 1.807) is 34.1 Å². The molecule has 4 heterocycles. The molecule has 28 heavy (non-hydrogen) atoms. The molecule has 0 radical (unpaired) electrons. The molecular formula is C18H17FN8O. The van der Waals surface area contributed by atoms with E-state index in [1.807, 2.05) is 6.92 Å². The molecule has 0 aliphatic carbocycles. The van der Waals surface area contributed by atoms with Crippen LogP contribution in [0.4, 0.5) is 10.2 Å². The molecule has 5 rings (SSSR count). The minimum absolute atomic E-state index is 0.00900. The molecule has 1 atom stereocenters. The Kier molecular flexibility index (Phi) is 3.71. The van der Waals surface area contributed by atoms with Crippen molar-refractivity contribution in [2.24, 2.45) is 0 Å². The Morgan fingerprint density at radius 3 is 3.04 bits per heavy atom. The first-order valence-corrected chi connectivity index (χ1v) is 8.95. The monoisotopic (exact) mass is 380 g/mol. The second kappa shape index (κ2) is 6.25. The summed E-state index contributed by atoms with van der Waals surface area (Å²) < 4.78 is 16.5. The van der Waals surface area contributed by atoms with Gasteiger partial charge in [-0.05, 0) is 19.1 Å². The molecule has 1 unspecified atom stereocenters. The zero-order chi connectivity index (χ0) is 19.3. The predicted octanol–water partition coefficient (Wildman–Crippen LogP) is 1.49. The van der Waals surface area contributed by atoms with E-state index in [2.05, 4.69) is 30.0 Å². The Bertz CT molecular complexity index is 1180. The number of hydrogen-bond acceptors (Lipinski definition) is 6. The van der Waals surface area contributed by atoms with Gasteiger partial charge in [0.2, 0.25) is 5.65 Å². The summed E-state index contributed by atoms with van der Waals surface area (Å²) in [5.41, 5.74) is 1.46. The fourth-order valence-corrected chi connectivity index (χ4v) is 3.71. The number of nitrogens with zero attached hydrogens (tertiary/aromatic N) is 7. The molecule has 1 fully saturated rings. The first kappa shape index (κ1) is 16.6. The highest BCUT2D eigenvalue weighted by Gasteiger charge is 2.31. The van der Waals surface area contributed by atoms with Crippen LogP contribution in [-0.4, -0.2) is 66.0 Å². The number of hydrogen-bond donors (Lipinski definition) is 1. The fraction of sp³-hybridized carbons (Fsp3) is 0.278. The average Bonchev–Trinajstić information content (AvgIpc) is 3.37. The van der Waals surface area contributed by atoms with Crippen molar-refractivity contribution in [3.63, 3.8) is 0 Å². The van der Waals surface area contributed by atoms with Gasteiger partial charge >= 0.3 is 0 Å². The Labute approximate surface area is 158 Å². The van der Waals surface area contributed by atoms with Crippen LogP contribution in [0, 0.1) is 5.82 Å². The number of carbonyl (C=O) groups excluding carboxylic acids is 1. The molecule has 4 aromatic rings. The van der Waals surface area contributed by atoms with Crippen molar-refractivity contribution in [3.05, 3.63) is 48.6 Å². The summed E-state index contributed by atoms with van der Waals surface area (Å²) in [5.74, 6) is -0.194. The second-order valence-corrected chi connectivity index (χ2v) is 6.83. The van der Waals surface area contributed by atoms with E-state index in [0.29, 0.717) is 30.8 Å². The number of halogens is 1. The van der Waals surface area contributed by atoms with Crippen LogP contribution in [0.15, 0.2) is 37.2 Å². The first-order valence-electron chi connectivity index (χ1n) is 8.95. The normalized spacial score (nSPS) is 17.6. The third-order valence-corrected chi connectivity index (χ3v) is 5.14. The summed E-state index contributed by atoms with van der Waals surface area (Å²) in [6.07, 6.45) is 6.53. The van der Waals surface area contributed by atoms with Crippen molar-refractivity contribution in [1.29, 1.82) is 0 Å². The van der Waals surface area contributed by atoms with Gasteiger partial charge in [0.05, 0.1) is 17.4 Å². The molecule has 1 amide bonds. The number of rotatable bonds is 2. The summed E-state index contributed by atoms with van der Waals surface area (Å²) in [6, 6.07) is 3.17. The number of amides is 1. The van der Waals surface area contributed by atoms with E-state index >= 15 is 0 Å². The highest BCUT2D eigenvalue weighted by Crippen LogP contribution is 2.24. The van der Waals surface area contributed by atoms with Crippen molar-refractivity contribution in [2.75, 3.05) is 24.5 Å². The number of aromatic nitrogens is 6. The Hall–Kier alpha value is -3.56. The van der Waals surface area contributed by atoms with Gasteiger partial charge in [0.25, 0.3) is 5.91 Å². The molecule has 0 bridgehead atoms. The molecule has 1 aromatic carbocycles. The Balaban J connectivity index is 1.40. The van der Waals surface area contributed by atoms with Gasteiger partial charge in [-0.3, -0.25) is 9.20 Å². The van der Waals surface area contributed by atoms with E-state index in [4.69, 9.17) is 0 Å². The van der Waals surface area contributed by atoms with Gasteiger partial charge in [-0.25, -0.2) is 14.4 Å². The first-order chi connectivity index (χ1) is 13.6. The maximum Gasteiger partial charge on any atom is 0.257 e. The van der Waals surface area contributed by atoms with Gasteiger partial charge in [-0.2, -0.15) is 0 Å². The average molecular weight is 380 g/mol. The van der Waals surface area contributed by atoms with Crippen molar-refractivity contribution in [1.82, 2.24) is 34.4 Å². The van der Waals surface area contributed by atoms with Crippen LogP contribution < -0.4 is 4.90 Å². The van der Waals surface area contributed by atoms with E-state index < -0.39 is 5.82 Å². The maximum atomic E-state index is 14.7. The highest BCUT2D eigenvalue weighted by atomic mass is 19.1. The van der Waals surface area contributed by atoms with Gasteiger partial charge < -0.3 is 14.8 Å². The summed E-state index contributed by atoms with van der Waals surface area (Å²) in [7, 11) is 0. The fourth-order valence-electron chi connectivity index (χ4n) is 3.71. The molecule has 0 spiro atoms. The van der Waals surface area contributed by atoms with Crippen molar-refractivity contribution >= 4 is 28.4 Å². The lowest BCUT2D eigenvalue weighted by Crippen LogP contribution is -2.54. The van der Waals surface area contributed by atoms with Gasteiger partial charge in [0.15, 0.2) is 11.6 Å². The zero-order valence-electron chi connectivity index (χ0n) is 15.1. The Morgan fingerprint density at radius 2 is 2.18 bits per heavy atom. The highest BCUT2D eigenvalue weighted by molar-refractivity contribution is 5.98. The molecule has 0 saturated carbocycles. The topological polar surface area (TPSA) is 95.3 Å². The minimum atomic E-state index is -0.589. The van der Waals surface area contributed by atoms with Gasteiger partial charge in [0, 0.05) is 38.1 Å². The number of imidazole rings is 1. The predicted molar refractivity (Wildman–Crippen MR) is 99.5 cm³/mol. The number of piperazine rings is 1. The molecule has 10 heteroatoms. The molecule has 1 aliphatic heterocycles. The van der Waals surface area contributed by atoms with E-state index in [0.717, 1.165) is 5.82 Å².